The minimum Gasteiger partial charge on any atom is -0.378 e. The number of alkyl halides is 1. The van der Waals surface area contributed by atoms with Crippen LogP contribution in [0.2, 0.25) is 0 Å². The fraction of sp³-hybridized carbons (Fsp3) is 0.917. The van der Waals surface area contributed by atoms with Crippen LogP contribution >= 0.6 is 11.6 Å². The molecule has 1 N–H and O–H groups in total. The number of carbonyl (C=O) groups is 1. The minimum absolute atomic E-state index is 0.0476. The summed E-state index contributed by atoms with van der Waals surface area (Å²) < 4.78 is 31.3. The smallest absolute Gasteiger partial charge is 0.240 e. The van der Waals surface area contributed by atoms with Crippen LogP contribution in [-0.2, 0) is 19.6 Å². The molecule has 0 aromatic rings. The summed E-state index contributed by atoms with van der Waals surface area (Å²) in [5, 5.41) is 2.72. The van der Waals surface area contributed by atoms with Crippen molar-refractivity contribution in [3.63, 3.8) is 0 Å². The zero-order valence-corrected chi connectivity index (χ0v) is 13.5. The van der Waals surface area contributed by atoms with E-state index in [1.54, 1.807) is 6.92 Å². The number of sulfonamides is 1. The number of nitrogens with zero attached hydrogens (tertiary/aromatic N) is 1. The molecular weight excluding hydrogens is 304 g/mol. The molecule has 0 aromatic heterocycles. The van der Waals surface area contributed by atoms with E-state index in [2.05, 4.69) is 5.32 Å². The average Bonchev–Trinajstić information content (AvgIpc) is 2.44. The maximum absolute atomic E-state index is 12.4. The number of nitrogens with one attached hydrogen (secondary N) is 1. The first-order chi connectivity index (χ1) is 9.42. The molecule has 0 saturated carbocycles. The molecule has 2 unspecified atom stereocenters. The Balaban J connectivity index is 2.80. The van der Waals surface area contributed by atoms with Crippen molar-refractivity contribution in [1.29, 1.82) is 0 Å². The van der Waals surface area contributed by atoms with Crippen LogP contribution in [-0.4, -0.2) is 62.6 Å². The van der Waals surface area contributed by atoms with Crippen molar-refractivity contribution in [3.05, 3.63) is 0 Å². The standard InChI is InChI=1S/C12H23ClN2O4S/c1-3-4-14-12(16)11-8-19-6-5-15(11)20(17,18)9-10(2)7-13/h10-11H,3-9H2,1-2H3,(H,14,16). The van der Waals surface area contributed by atoms with Gasteiger partial charge in [-0.15, -0.1) is 11.6 Å². The van der Waals surface area contributed by atoms with E-state index >= 15 is 0 Å². The lowest BCUT2D eigenvalue weighted by molar-refractivity contribution is -0.129. The number of halogens is 1. The number of hydrogen-bond acceptors (Lipinski definition) is 4. The van der Waals surface area contributed by atoms with Gasteiger partial charge in [-0.1, -0.05) is 13.8 Å². The van der Waals surface area contributed by atoms with E-state index in [1.807, 2.05) is 6.92 Å². The van der Waals surface area contributed by atoms with Crippen molar-refractivity contribution >= 4 is 27.5 Å². The van der Waals surface area contributed by atoms with Crippen molar-refractivity contribution in [2.45, 2.75) is 26.3 Å². The van der Waals surface area contributed by atoms with Gasteiger partial charge in [-0.2, -0.15) is 4.31 Å². The molecule has 1 saturated heterocycles. The number of hydrogen-bond donors (Lipinski definition) is 1. The molecule has 118 valence electrons. The van der Waals surface area contributed by atoms with E-state index in [-0.39, 0.29) is 36.6 Å². The van der Waals surface area contributed by atoms with E-state index in [4.69, 9.17) is 16.3 Å². The summed E-state index contributed by atoms with van der Waals surface area (Å²) in [4.78, 5) is 12.0. The fourth-order valence-electron chi connectivity index (χ4n) is 1.99. The van der Waals surface area contributed by atoms with Gasteiger partial charge < -0.3 is 10.1 Å². The van der Waals surface area contributed by atoms with Gasteiger partial charge in [-0.3, -0.25) is 4.79 Å². The predicted octanol–water partition coefficient (Wildman–Crippen LogP) is 0.418. The lowest BCUT2D eigenvalue weighted by atomic mass is 10.2. The van der Waals surface area contributed by atoms with Crippen LogP contribution < -0.4 is 5.32 Å². The monoisotopic (exact) mass is 326 g/mol. The highest BCUT2D eigenvalue weighted by Gasteiger charge is 2.37. The molecule has 2 atom stereocenters. The predicted molar refractivity (Wildman–Crippen MR) is 78.3 cm³/mol. The van der Waals surface area contributed by atoms with Gasteiger partial charge in [0.15, 0.2) is 0 Å². The van der Waals surface area contributed by atoms with E-state index in [1.165, 1.54) is 4.31 Å². The van der Waals surface area contributed by atoms with Crippen LogP contribution in [0.4, 0.5) is 0 Å². The number of amides is 1. The third-order valence-electron chi connectivity index (χ3n) is 3.05. The Morgan fingerprint density at radius 2 is 2.25 bits per heavy atom. The zero-order chi connectivity index (χ0) is 15.2. The topological polar surface area (TPSA) is 75.7 Å². The first-order valence-corrected chi connectivity index (χ1v) is 8.97. The fourth-order valence-corrected chi connectivity index (χ4v) is 4.16. The lowest BCUT2D eigenvalue weighted by Crippen LogP contribution is -2.56. The summed E-state index contributed by atoms with van der Waals surface area (Å²) in [6.45, 7) is 4.87. The number of carbonyl (C=O) groups excluding carboxylic acids is 1. The van der Waals surface area contributed by atoms with Gasteiger partial charge in [0.1, 0.15) is 6.04 Å². The normalized spacial score (nSPS) is 22.4. The lowest BCUT2D eigenvalue weighted by Gasteiger charge is -2.34. The maximum atomic E-state index is 12.4. The van der Waals surface area contributed by atoms with Gasteiger partial charge in [-0.25, -0.2) is 8.42 Å². The summed E-state index contributed by atoms with van der Waals surface area (Å²) in [5.41, 5.74) is 0. The Hall–Kier alpha value is -0.370. The van der Waals surface area contributed by atoms with Gasteiger partial charge >= 0.3 is 0 Å². The van der Waals surface area contributed by atoms with Crippen molar-refractivity contribution in [3.8, 4) is 0 Å². The zero-order valence-electron chi connectivity index (χ0n) is 12.0. The molecule has 0 bridgehead atoms. The second-order valence-corrected chi connectivity index (χ2v) is 7.31. The van der Waals surface area contributed by atoms with Gasteiger partial charge in [-0.05, 0) is 12.3 Å². The molecule has 1 amide bonds. The Kier molecular flexibility index (Phi) is 7.22. The Morgan fingerprint density at radius 1 is 1.55 bits per heavy atom. The highest BCUT2D eigenvalue weighted by Crippen LogP contribution is 2.16. The van der Waals surface area contributed by atoms with Crippen LogP contribution in [0.25, 0.3) is 0 Å². The van der Waals surface area contributed by atoms with Crippen LogP contribution in [0.5, 0.6) is 0 Å². The number of morpholine rings is 1. The van der Waals surface area contributed by atoms with Crippen LogP contribution in [0.15, 0.2) is 0 Å². The molecule has 6 nitrogen and oxygen atoms in total. The number of ether oxygens (including phenoxy) is 1. The van der Waals surface area contributed by atoms with E-state index in [9.17, 15) is 13.2 Å². The molecule has 1 rings (SSSR count). The second-order valence-electron chi connectivity index (χ2n) is 5.03. The summed E-state index contributed by atoms with van der Waals surface area (Å²) in [6.07, 6.45) is 0.801. The highest BCUT2D eigenvalue weighted by atomic mass is 35.5. The minimum atomic E-state index is -3.51. The molecule has 1 aliphatic heterocycles. The number of rotatable bonds is 7. The van der Waals surface area contributed by atoms with Crippen LogP contribution in [0.3, 0.4) is 0 Å². The first kappa shape index (κ1) is 17.7. The molecule has 0 aliphatic carbocycles. The summed E-state index contributed by atoms with van der Waals surface area (Å²) in [6, 6.07) is -0.775. The average molecular weight is 327 g/mol. The summed E-state index contributed by atoms with van der Waals surface area (Å²) >= 11 is 5.68. The van der Waals surface area contributed by atoms with Crippen molar-refractivity contribution in [2.75, 3.05) is 37.9 Å². The van der Waals surface area contributed by atoms with Crippen LogP contribution in [0.1, 0.15) is 20.3 Å². The SMILES string of the molecule is CCCNC(=O)C1COCCN1S(=O)(=O)CC(C)CCl. The first-order valence-electron chi connectivity index (χ1n) is 6.83. The molecule has 1 aliphatic rings. The van der Waals surface area contributed by atoms with Crippen molar-refractivity contribution in [2.24, 2.45) is 5.92 Å². The Morgan fingerprint density at radius 3 is 2.85 bits per heavy atom. The van der Waals surface area contributed by atoms with E-state index in [0.717, 1.165) is 6.42 Å². The Labute approximate surface area is 125 Å². The molecule has 0 spiro atoms. The van der Waals surface area contributed by atoms with E-state index in [0.29, 0.717) is 13.2 Å². The molecule has 20 heavy (non-hydrogen) atoms. The Bertz CT molecular complexity index is 416. The molecule has 1 fully saturated rings. The maximum Gasteiger partial charge on any atom is 0.240 e. The van der Waals surface area contributed by atoms with Gasteiger partial charge in [0.05, 0.1) is 19.0 Å². The molecule has 8 heteroatoms. The van der Waals surface area contributed by atoms with E-state index < -0.39 is 16.1 Å². The molecule has 0 radical (unpaired) electrons. The second kappa shape index (κ2) is 8.17. The molecule has 0 aromatic carbocycles. The molecule has 1 heterocycles. The van der Waals surface area contributed by atoms with Crippen LogP contribution in [0, 0.1) is 5.92 Å². The van der Waals surface area contributed by atoms with Gasteiger partial charge in [0.25, 0.3) is 0 Å². The van der Waals surface area contributed by atoms with Crippen molar-refractivity contribution in [1.82, 2.24) is 9.62 Å². The molecular formula is C12H23ClN2O4S. The third-order valence-corrected chi connectivity index (χ3v) is 5.72. The largest absolute Gasteiger partial charge is 0.378 e. The van der Waals surface area contributed by atoms with Gasteiger partial charge in [0.2, 0.25) is 15.9 Å². The van der Waals surface area contributed by atoms with Gasteiger partial charge in [0, 0.05) is 19.0 Å². The summed E-state index contributed by atoms with van der Waals surface area (Å²) in [7, 11) is -3.51. The van der Waals surface area contributed by atoms with Crippen molar-refractivity contribution < 1.29 is 17.9 Å². The quantitative estimate of drug-likeness (QED) is 0.688. The summed E-state index contributed by atoms with van der Waals surface area (Å²) in [5.74, 6) is -0.220. The third kappa shape index (κ3) is 4.87. The highest BCUT2D eigenvalue weighted by molar-refractivity contribution is 7.89.